The summed E-state index contributed by atoms with van der Waals surface area (Å²) in [5.41, 5.74) is 3.97. The van der Waals surface area contributed by atoms with E-state index in [-0.39, 0.29) is 0 Å². The molecule has 2 aromatic carbocycles. The minimum atomic E-state index is 0.539. The van der Waals surface area contributed by atoms with Crippen LogP contribution >= 0.6 is 0 Å². The first kappa shape index (κ1) is 12.3. The lowest BCUT2D eigenvalue weighted by molar-refractivity contribution is 0.836. The number of aromatic amines is 1. The van der Waals surface area contributed by atoms with Crippen LogP contribution in [0.3, 0.4) is 0 Å². The van der Waals surface area contributed by atoms with E-state index in [9.17, 15) is 0 Å². The van der Waals surface area contributed by atoms with Crippen LogP contribution in [0, 0.1) is 0 Å². The lowest BCUT2D eigenvalue weighted by atomic mass is 9.98. The highest BCUT2D eigenvalue weighted by Gasteiger charge is 2.08. The highest BCUT2D eigenvalue weighted by molar-refractivity contribution is 6.07. The van der Waals surface area contributed by atoms with E-state index in [1.54, 1.807) is 0 Å². The molecular formula is C18H21N. The Kier molecular flexibility index (Phi) is 2.85. The van der Waals surface area contributed by atoms with Crippen LogP contribution in [0.2, 0.25) is 0 Å². The van der Waals surface area contributed by atoms with E-state index in [2.05, 4.69) is 69.1 Å². The zero-order valence-corrected chi connectivity index (χ0v) is 12.1. The fourth-order valence-corrected chi connectivity index (χ4v) is 2.65. The highest BCUT2D eigenvalue weighted by atomic mass is 14.7. The smallest absolute Gasteiger partial charge is 0.0462 e. The average Bonchev–Trinajstić information content (AvgIpc) is 2.82. The first-order valence-electron chi connectivity index (χ1n) is 7.11. The van der Waals surface area contributed by atoms with E-state index in [1.165, 1.54) is 32.9 Å². The molecule has 3 aromatic rings. The summed E-state index contributed by atoms with van der Waals surface area (Å²) in [5, 5.41) is 4.04. The number of hydrogen-bond acceptors (Lipinski definition) is 0. The van der Waals surface area contributed by atoms with Crippen molar-refractivity contribution in [3.63, 3.8) is 0 Å². The Morgan fingerprint density at radius 3 is 2.26 bits per heavy atom. The highest BCUT2D eigenvalue weighted by Crippen LogP contribution is 2.30. The van der Waals surface area contributed by atoms with Crippen LogP contribution in [0.5, 0.6) is 0 Å². The molecule has 0 aliphatic carbocycles. The van der Waals surface area contributed by atoms with E-state index in [0.717, 1.165) is 0 Å². The van der Waals surface area contributed by atoms with Gasteiger partial charge in [0, 0.05) is 16.6 Å². The lowest BCUT2D eigenvalue weighted by Crippen LogP contribution is -1.86. The second-order valence-corrected chi connectivity index (χ2v) is 6.04. The monoisotopic (exact) mass is 251 g/mol. The SMILES string of the molecule is CC(C)c1ccc2c(ccc3[nH]c(C(C)C)cc32)c1. The van der Waals surface area contributed by atoms with Crippen molar-refractivity contribution >= 4 is 21.7 Å². The Morgan fingerprint density at radius 2 is 1.58 bits per heavy atom. The van der Waals surface area contributed by atoms with Crippen LogP contribution in [0.4, 0.5) is 0 Å². The zero-order valence-electron chi connectivity index (χ0n) is 12.1. The molecule has 0 saturated carbocycles. The summed E-state index contributed by atoms with van der Waals surface area (Å²) in [4.78, 5) is 3.52. The molecule has 0 bridgehead atoms. The van der Waals surface area contributed by atoms with Gasteiger partial charge in [0.05, 0.1) is 0 Å². The summed E-state index contributed by atoms with van der Waals surface area (Å²) in [5.74, 6) is 1.12. The number of H-pyrrole nitrogens is 1. The molecule has 0 atom stereocenters. The van der Waals surface area contributed by atoms with Crippen LogP contribution in [0.1, 0.15) is 50.8 Å². The van der Waals surface area contributed by atoms with Crippen molar-refractivity contribution in [1.29, 1.82) is 0 Å². The standard InChI is InChI=1S/C18H21N/c1-11(2)13-5-7-15-14(9-13)6-8-17-16(15)10-18(19-17)12(3)4/h5-12,19H,1-4H3. The molecule has 0 aliphatic rings. The van der Waals surface area contributed by atoms with E-state index in [1.807, 2.05) is 0 Å². The van der Waals surface area contributed by atoms with Gasteiger partial charge in [0.15, 0.2) is 0 Å². The maximum absolute atomic E-state index is 3.52. The van der Waals surface area contributed by atoms with Gasteiger partial charge < -0.3 is 4.98 Å². The molecule has 1 nitrogen and oxygen atoms in total. The van der Waals surface area contributed by atoms with Gasteiger partial charge >= 0.3 is 0 Å². The van der Waals surface area contributed by atoms with Crippen LogP contribution in [-0.2, 0) is 0 Å². The summed E-state index contributed by atoms with van der Waals surface area (Å²) >= 11 is 0. The molecule has 1 N–H and O–H groups in total. The van der Waals surface area contributed by atoms with Crippen molar-refractivity contribution in [3.8, 4) is 0 Å². The topological polar surface area (TPSA) is 15.8 Å². The summed E-state index contributed by atoms with van der Waals surface area (Å²) in [6.07, 6.45) is 0. The van der Waals surface area contributed by atoms with Crippen molar-refractivity contribution in [3.05, 3.63) is 47.7 Å². The van der Waals surface area contributed by atoms with E-state index >= 15 is 0 Å². The van der Waals surface area contributed by atoms with Gasteiger partial charge in [-0.05, 0) is 40.3 Å². The van der Waals surface area contributed by atoms with Gasteiger partial charge in [-0.2, -0.15) is 0 Å². The minimum Gasteiger partial charge on any atom is -0.358 e. The van der Waals surface area contributed by atoms with Crippen molar-refractivity contribution < 1.29 is 0 Å². The molecule has 0 unspecified atom stereocenters. The van der Waals surface area contributed by atoms with Crippen molar-refractivity contribution in [2.45, 2.75) is 39.5 Å². The lowest BCUT2D eigenvalue weighted by Gasteiger charge is -2.07. The number of benzene rings is 2. The summed E-state index contributed by atoms with van der Waals surface area (Å²) < 4.78 is 0. The number of fused-ring (bicyclic) bond motifs is 3. The molecule has 0 saturated heterocycles. The molecule has 0 amide bonds. The molecule has 1 aromatic heterocycles. The first-order chi connectivity index (χ1) is 9.06. The quantitative estimate of drug-likeness (QED) is 0.613. The molecular weight excluding hydrogens is 230 g/mol. The zero-order chi connectivity index (χ0) is 13.6. The number of hydrogen-bond donors (Lipinski definition) is 1. The number of nitrogens with one attached hydrogen (secondary N) is 1. The maximum atomic E-state index is 3.52. The molecule has 98 valence electrons. The maximum Gasteiger partial charge on any atom is 0.0462 e. The summed E-state index contributed by atoms with van der Waals surface area (Å²) in [6, 6.07) is 13.6. The second kappa shape index (κ2) is 4.41. The van der Waals surface area contributed by atoms with Gasteiger partial charge in [-0.1, -0.05) is 52.0 Å². The summed E-state index contributed by atoms with van der Waals surface area (Å²) in [7, 11) is 0. The van der Waals surface area contributed by atoms with Gasteiger partial charge in [-0.3, -0.25) is 0 Å². The van der Waals surface area contributed by atoms with Gasteiger partial charge in [0.25, 0.3) is 0 Å². The first-order valence-corrected chi connectivity index (χ1v) is 7.11. The Labute approximate surface area is 114 Å². The van der Waals surface area contributed by atoms with Crippen LogP contribution in [0.15, 0.2) is 36.4 Å². The summed E-state index contributed by atoms with van der Waals surface area (Å²) in [6.45, 7) is 8.94. The van der Waals surface area contributed by atoms with Crippen LogP contribution < -0.4 is 0 Å². The minimum absolute atomic E-state index is 0.539. The molecule has 1 heteroatoms. The Bertz CT molecular complexity index is 732. The van der Waals surface area contributed by atoms with Crippen molar-refractivity contribution in [1.82, 2.24) is 4.98 Å². The van der Waals surface area contributed by atoms with Gasteiger partial charge in [0.1, 0.15) is 0 Å². The fourth-order valence-electron chi connectivity index (χ4n) is 2.65. The van der Waals surface area contributed by atoms with E-state index in [4.69, 9.17) is 0 Å². The molecule has 0 spiro atoms. The van der Waals surface area contributed by atoms with Crippen molar-refractivity contribution in [2.75, 3.05) is 0 Å². The third-order valence-electron chi connectivity index (χ3n) is 3.95. The Hall–Kier alpha value is -1.76. The van der Waals surface area contributed by atoms with Gasteiger partial charge in [0.2, 0.25) is 0 Å². The van der Waals surface area contributed by atoms with Crippen LogP contribution in [0.25, 0.3) is 21.7 Å². The largest absolute Gasteiger partial charge is 0.358 e. The van der Waals surface area contributed by atoms with Gasteiger partial charge in [-0.25, -0.2) is 0 Å². The molecule has 0 radical (unpaired) electrons. The average molecular weight is 251 g/mol. The normalized spacial score (nSPS) is 12.1. The third kappa shape index (κ3) is 2.03. The van der Waals surface area contributed by atoms with Gasteiger partial charge in [-0.15, -0.1) is 0 Å². The molecule has 0 aliphatic heterocycles. The number of aromatic nitrogens is 1. The number of rotatable bonds is 2. The second-order valence-electron chi connectivity index (χ2n) is 6.04. The fraction of sp³-hybridized carbons (Fsp3) is 0.333. The third-order valence-corrected chi connectivity index (χ3v) is 3.95. The molecule has 0 fully saturated rings. The predicted molar refractivity (Wildman–Crippen MR) is 84.0 cm³/mol. The molecule has 1 heterocycles. The van der Waals surface area contributed by atoms with E-state index in [0.29, 0.717) is 11.8 Å². The van der Waals surface area contributed by atoms with Crippen LogP contribution in [-0.4, -0.2) is 4.98 Å². The molecule has 3 rings (SSSR count). The van der Waals surface area contributed by atoms with E-state index < -0.39 is 0 Å². The van der Waals surface area contributed by atoms with Crippen molar-refractivity contribution in [2.24, 2.45) is 0 Å². The predicted octanol–water partition coefficient (Wildman–Crippen LogP) is 5.57. The Balaban J connectivity index is 2.28. The Morgan fingerprint density at radius 1 is 0.789 bits per heavy atom. The molecule has 19 heavy (non-hydrogen) atoms.